The molecule has 5 nitrogen and oxygen atoms in total. The van der Waals surface area contributed by atoms with E-state index in [0.717, 1.165) is 10.9 Å². The molecule has 27 heavy (non-hydrogen) atoms. The highest BCUT2D eigenvalue weighted by Gasteiger charge is 2.22. The molecule has 0 bridgehead atoms. The molecular weight excluding hydrogens is 345 g/mol. The summed E-state index contributed by atoms with van der Waals surface area (Å²) >= 11 is 0. The molecular formula is C21H18FN3O2. The summed E-state index contributed by atoms with van der Waals surface area (Å²) in [6.07, 6.45) is 5.23. The predicted octanol–water partition coefficient (Wildman–Crippen LogP) is 2.44. The summed E-state index contributed by atoms with van der Waals surface area (Å²) in [6, 6.07) is 14.5. The van der Waals surface area contributed by atoms with Crippen LogP contribution in [0.4, 0.5) is 4.39 Å². The first-order valence-electron chi connectivity index (χ1n) is 8.36. The first kappa shape index (κ1) is 18.2. The van der Waals surface area contributed by atoms with E-state index in [1.807, 2.05) is 24.3 Å². The number of hydrogen-bond donors (Lipinski definition) is 2. The Bertz CT molecular complexity index is 1050. The van der Waals surface area contributed by atoms with Crippen molar-refractivity contribution in [3.63, 3.8) is 0 Å². The van der Waals surface area contributed by atoms with Gasteiger partial charge in [-0.2, -0.15) is 0 Å². The first-order chi connectivity index (χ1) is 13.0. The number of aromatic nitrogens is 1. The van der Waals surface area contributed by atoms with Crippen molar-refractivity contribution in [2.24, 2.45) is 5.73 Å². The van der Waals surface area contributed by atoms with E-state index in [4.69, 9.17) is 12.2 Å². The number of nitrogens with two attached hydrogens (primary N) is 1. The lowest BCUT2D eigenvalue weighted by Crippen LogP contribution is -2.44. The average molecular weight is 363 g/mol. The molecule has 0 aliphatic heterocycles. The molecule has 3 rings (SSSR count). The minimum atomic E-state index is -0.970. The molecule has 0 spiro atoms. The lowest BCUT2D eigenvalue weighted by molar-refractivity contribution is -0.119. The molecule has 2 amide bonds. The average Bonchev–Trinajstić information content (AvgIpc) is 3.02. The van der Waals surface area contributed by atoms with Crippen molar-refractivity contribution in [3.8, 4) is 12.3 Å². The fraction of sp³-hybridized carbons (Fsp3) is 0.143. The number of nitrogens with one attached hydrogen (secondary N) is 1. The number of rotatable bonds is 6. The fourth-order valence-corrected chi connectivity index (χ4v) is 2.94. The zero-order chi connectivity index (χ0) is 19.4. The summed E-state index contributed by atoms with van der Waals surface area (Å²) in [7, 11) is 0. The molecule has 0 fully saturated rings. The summed E-state index contributed by atoms with van der Waals surface area (Å²) < 4.78 is 15.8. The molecule has 2 aromatic carbocycles. The van der Waals surface area contributed by atoms with Gasteiger partial charge in [-0.05, 0) is 18.2 Å². The minimum Gasteiger partial charge on any atom is -0.368 e. The van der Waals surface area contributed by atoms with Gasteiger partial charge in [0.25, 0.3) is 5.91 Å². The van der Waals surface area contributed by atoms with Crippen molar-refractivity contribution in [2.45, 2.75) is 19.0 Å². The van der Waals surface area contributed by atoms with Gasteiger partial charge in [0.15, 0.2) is 0 Å². The Labute approximate surface area is 156 Å². The Morgan fingerprint density at radius 3 is 2.59 bits per heavy atom. The summed E-state index contributed by atoms with van der Waals surface area (Å²) in [4.78, 5) is 24.3. The van der Waals surface area contributed by atoms with Gasteiger partial charge in [0.2, 0.25) is 5.91 Å². The van der Waals surface area contributed by atoms with Crippen LogP contribution in [0.1, 0.15) is 22.5 Å². The van der Waals surface area contributed by atoms with Gasteiger partial charge < -0.3 is 15.6 Å². The number of para-hydroxylation sites is 1. The highest BCUT2D eigenvalue weighted by atomic mass is 19.1. The number of benzene rings is 2. The maximum Gasteiger partial charge on any atom is 0.268 e. The highest BCUT2D eigenvalue weighted by molar-refractivity contribution is 6.00. The summed E-state index contributed by atoms with van der Waals surface area (Å²) in [6.45, 7) is 0.166. The largest absolute Gasteiger partial charge is 0.368 e. The van der Waals surface area contributed by atoms with Crippen molar-refractivity contribution < 1.29 is 14.0 Å². The Balaban J connectivity index is 2.02. The van der Waals surface area contributed by atoms with Crippen molar-refractivity contribution in [1.82, 2.24) is 9.88 Å². The third-order valence-corrected chi connectivity index (χ3v) is 4.30. The molecule has 6 heteroatoms. The summed E-state index contributed by atoms with van der Waals surface area (Å²) in [5.41, 5.74) is 6.82. The Morgan fingerprint density at radius 1 is 1.19 bits per heavy atom. The van der Waals surface area contributed by atoms with E-state index >= 15 is 0 Å². The van der Waals surface area contributed by atoms with E-state index in [0.29, 0.717) is 11.3 Å². The van der Waals surface area contributed by atoms with Gasteiger partial charge in [-0.15, -0.1) is 12.3 Å². The molecule has 3 aromatic rings. The molecule has 0 aliphatic carbocycles. The lowest BCUT2D eigenvalue weighted by atomic mass is 10.2. The van der Waals surface area contributed by atoms with Gasteiger partial charge in [-0.3, -0.25) is 9.59 Å². The second-order valence-electron chi connectivity index (χ2n) is 6.10. The molecule has 3 N–H and O–H groups in total. The van der Waals surface area contributed by atoms with E-state index in [-0.39, 0.29) is 18.8 Å². The molecule has 0 saturated heterocycles. The SMILES string of the molecule is C#CC[C@H](NC(=O)c1cc2ccccc2n1Cc1ccccc1F)C(N)=O. The number of fused-ring (bicyclic) bond motifs is 1. The van der Waals surface area contributed by atoms with E-state index in [2.05, 4.69) is 11.2 Å². The fourth-order valence-electron chi connectivity index (χ4n) is 2.94. The van der Waals surface area contributed by atoms with Crippen LogP contribution in [0.25, 0.3) is 10.9 Å². The van der Waals surface area contributed by atoms with E-state index in [9.17, 15) is 14.0 Å². The van der Waals surface area contributed by atoms with Gasteiger partial charge in [-0.25, -0.2) is 4.39 Å². The standard InChI is InChI=1S/C21H18FN3O2/c1-2-7-17(20(23)26)24-21(27)19-12-14-8-4-6-11-18(14)25(19)13-15-9-3-5-10-16(15)22/h1,3-6,8-12,17H,7,13H2,(H2,23,26)(H,24,27)/t17-/m0/s1. The van der Waals surface area contributed by atoms with E-state index in [1.165, 1.54) is 6.07 Å². The number of carbonyl (C=O) groups is 2. The molecule has 0 saturated carbocycles. The Morgan fingerprint density at radius 2 is 1.89 bits per heavy atom. The van der Waals surface area contributed by atoms with Crippen LogP contribution < -0.4 is 11.1 Å². The smallest absolute Gasteiger partial charge is 0.268 e. The number of terminal acetylenes is 1. The topological polar surface area (TPSA) is 77.1 Å². The van der Waals surface area contributed by atoms with Crippen LogP contribution in [0.5, 0.6) is 0 Å². The maximum absolute atomic E-state index is 14.1. The zero-order valence-electron chi connectivity index (χ0n) is 14.5. The molecule has 1 heterocycles. The van der Waals surface area contributed by atoms with Gasteiger partial charge in [0, 0.05) is 22.9 Å². The van der Waals surface area contributed by atoms with Gasteiger partial charge in [-0.1, -0.05) is 36.4 Å². The van der Waals surface area contributed by atoms with Crippen LogP contribution in [0.2, 0.25) is 0 Å². The van der Waals surface area contributed by atoms with Gasteiger partial charge in [0.1, 0.15) is 17.6 Å². The van der Waals surface area contributed by atoms with Crippen molar-refractivity contribution in [1.29, 1.82) is 0 Å². The predicted molar refractivity (Wildman–Crippen MR) is 101 cm³/mol. The number of hydrogen-bond acceptors (Lipinski definition) is 2. The maximum atomic E-state index is 14.1. The summed E-state index contributed by atoms with van der Waals surface area (Å²) in [5, 5.41) is 3.39. The van der Waals surface area contributed by atoms with Crippen molar-refractivity contribution in [3.05, 3.63) is 71.7 Å². The number of nitrogens with zero attached hydrogens (tertiary/aromatic N) is 1. The van der Waals surface area contributed by atoms with Crippen LogP contribution in [-0.4, -0.2) is 22.4 Å². The summed E-state index contributed by atoms with van der Waals surface area (Å²) in [5.74, 6) is 0.756. The van der Waals surface area contributed by atoms with Gasteiger partial charge >= 0.3 is 0 Å². The number of primary amides is 1. The molecule has 1 aromatic heterocycles. The minimum absolute atomic E-state index is 0.00534. The lowest BCUT2D eigenvalue weighted by Gasteiger charge is -2.15. The molecule has 0 aliphatic rings. The molecule has 0 unspecified atom stereocenters. The van der Waals surface area contributed by atoms with Crippen LogP contribution in [-0.2, 0) is 11.3 Å². The molecule has 136 valence electrons. The van der Waals surface area contributed by atoms with Crippen molar-refractivity contribution in [2.75, 3.05) is 0 Å². The van der Waals surface area contributed by atoms with Crippen LogP contribution in [0, 0.1) is 18.2 Å². The third kappa shape index (κ3) is 3.82. The monoisotopic (exact) mass is 363 g/mol. The van der Waals surface area contributed by atoms with Crippen LogP contribution >= 0.6 is 0 Å². The second-order valence-corrected chi connectivity index (χ2v) is 6.10. The van der Waals surface area contributed by atoms with E-state index < -0.39 is 17.9 Å². The Hall–Kier alpha value is -3.59. The molecule has 0 radical (unpaired) electrons. The number of amides is 2. The Kier molecular flexibility index (Phi) is 5.23. The van der Waals surface area contributed by atoms with Crippen LogP contribution in [0.3, 0.4) is 0 Å². The second kappa shape index (κ2) is 7.75. The number of halogens is 1. The highest BCUT2D eigenvalue weighted by Crippen LogP contribution is 2.22. The zero-order valence-corrected chi connectivity index (χ0v) is 14.5. The van der Waals surface area contributed by atoms with E-state index in [1.54, 1.807) is 28.8 Å². The van der Waals surface area contributed by atoms with Gasteiger partial charge in [0.05, 0.1) is 6.54 Å². The van der Waals surface area contributed by atoms with Crippen molar-refractivity contribution >= 4 is 22.7 Å². The third-order valence-electron chi connectivity index (χ3n) is 4.30. The normalized spacial score (nSPS) is 11.7. The number of carbonyl (C=O) groups excluding carboxylic acids is 2. The molecule has 1 atom stereocenters. The van der Waals surface area contributed by atoms with Crippen LogP contribution in [0.15, 0.2) is 54.6 Å². The quantitative estimate of drug-likeness (QED) is 0.660. The first-order valence-corrected chi connectivity index (χ1v) is 8.36.